The molecule has 1 aromatic rings. The van der Waals surface area contributed by atoms with E-state index in [9.17, 15) is 9.00 Å². The van der Waals surface area contributed by atoms with Crippen LogP contribution in [0.1, 0.15) is 36.0 Å². The maximum atomic E-state index is 12.3. The van der Waals surface area contributed by atoms with Gasteiger partial charge in [0.1, 0.15) is 0 Å². The Hall–Kier alpha value is -0.970. The van der Waals surface area contributed by atoms with Crippen LogP contribution in [0, 0.1) is 5.92 Å². The van der Waals surface area contributed by atoms with Crippen LogP contribution in [0.5, 0.6) is 0 Å². The molecule has 2 saturated heterocycles. The molecule has 0 N–H and O–H groups in total. The molecule has 0 aromatic carbocycles. The van der Waals surface area contributed by atoms with Crippen LogP contribution in [-0.2, 0) is 17.8 Å². The summed E-state index contributed by atoms with van der Waals surface area (Å²) in [5.74, 6) is 0.251. The van der Waals surface area contributed by atoms with Crippen molar-refractivity contribution < 1.29 is 9.00 Å². The summed E-state index contributed by atoms with van der Waals surface area (Å²) in [7, 11) is 1.14. The average molecular weight is 252 g/mol. The minimum atomic E-state index is -0.680. The molecule has 4 nitrogen and oxygen atoms in total. The van der Waals surface area contributed by atoms with Gasteiger partial charge in [-0.1, -0.05) is 0 Å². The number of Topliss-reactive ketones (excluding diaryl/α,β-unsaturated/α-hetero) is 1. The minimum absolute atomic E-state index is 0.0643. The first-order valence-electron chi connectivity index (χ1n) is 6.07. The Balaban J connectivity index is 1.78. The molecule has 2 aliphatic heterocycles. The van der Waals surface area contributed by atoms with E-state index in [1.54, 1.807) is 17.1 Å². The number of rotatable bonds is 2. The fourth-order valence-corrected chi connectivity index (χ4v) is 5.16. The SMILES string of the molecule is Cn1cc(C(=O)C2CC3CCC(C2)S3=O)cn1. The summed E-state index contributed by atoms with van der Waals surface area (Å²) in [4.78, 5) is 12.3. The molecule has 0 spiro atoms. The Morgan fingerprint density at radius 3 is 2.59 bits per heavy atom. The van der Waals surface area contributed by atoms with Crippen molar-refractivity contribution in [3.63, 3.8) is 0 Å². The number of carbonyl (C=O) groups excluding carboxylic acids is 1. The Labute approximate surface area is 103 Å². The molecule has 2 bridgehead atoms. The van der Waals surface area contributed by atoms with Gasteiger partial charge in [-0.3, -0.25) is 13.7 Å². The van der Waals surface area contributed by atoms with Crippen LogP contribution < -0.4 is 0 Å². The molecule has 17 heavy (non-hydrogen) atoms. The number of aryl methyl sites for hydroxylation is 1. The van der Waals surface area contributed by atoms with Crippen LogP contribution in [0.4, 0.5) is 0 Å². The number of fused-ring (bicyclic) bond motifs is 2. The van der Waals surface area contributed by atoms with Crippen LogP contribution in [0.25, 0.3) is 0 Å². The lowest BCUT2D eigenvalue weighted by atomic mass is 9.92. The lowest BCUT2D eigenvalue weighted by Crippen LogP contribution is -2.32. The van der Waals surface area contributed by atoms with Crippen molar-refractivity contribution in [2.24, 2.45) is 13.0 Å². The summed E-state index contributed by atoms with van der Waals surface area (Å²) in [6, 6.07) is 0. The maximum Gasteiger partial charge on any atom is 0.169 e. The Morgan fingerprint density at radius 2 is 2.06 bits per heavy atom. The third kappa shape index (κ3) is 1.86. The maximum absolute atomic E-state index is 12.3. The number of ketones is 1. The van der Waals surface area contributed by atoms with E-state index in [1.165, 1.54) is 0 Å². The number of aromatic nitrogens is 2. The molecule has 3 rings (SSSR count). The van der Waals surface area contributed by atoms with E-state index in [0.29, 0.717) is 5.56 Å². The highest BCUT2D eigenvalue weighted by atomic mass is 32.2. The molecular weight excluding hydrogens is 236 g/mol. The highest BCUT2D eigenvalue weighted by Crippen LogP contribution is 2.39. The number of hydrogen-bond donors (Lipinski definition) is 0. The van der Waals surface area contributed by atoms with Gasteiger partial charge in [0, 0.05) is 40.5 Å². The van der Waals surface area contributed by atoms with Gasteiger partial charge in [0.2, 0.25) is 0 Å². The Morgan fingerprint density at radius 1 is 1.41 bits per heavy atom. The van der Waals surface area contributed by atoms with Gasteiger partial charge in [0.25, 0.3) is 0 Å². The number of carbonyl (C=O) groups is 1. The lowest BCUT2D eigenvalue weighted by Gasteiger charge is -2.25. The molecule has 5 heteroatoms. The molecule has 3 heterocycles. The van der Waals surface area contributed by atoms with Crippen molar-refractivity contribution in [2.75, 3.05) is 0 Å². The lowest BCUT2D eigenvalue weighted by molar-refractivity contribution is 0.0906. The van der Waals surface area contributed by atoms with Gasteiger partial charge in [0.05, 0.1) is 11.8 Å². The summed E-state index contributed by atoms with van der Waals surface area (Å²) in [5.41, 5.74) is 0.699. The molecular formula is C12H16N2O2S. The van der Waals surface area contributed by atoms with Gasteiger partial charge in [-0.25, -0.2) is 0 Å². The van der Waals surface area contributed by atoms with Gasteiger partial charge in [-0.2, -0.15) is 5.10 Å². The number of hydrogen-bond acceptors (Lipinski definition) is 3. The van der Waals surface area contributed by atoms with Gasteiger partial charge < -0.3 is 0 Å². The highest BCUT2D eigenvalue weighted by Gasteiger charge is 2.42. The molecule has 0 aliphatic carbocycles. The number of nitrogens with zero attached hydrogens (tertiary/aromatic N) is 2. The zero-order chi connectivity index (χ0) is 12.0. The Kier molecular flexibility index (Phi) is 2.65. The summed E-state index contributed by atoms with van der Waals surface area (Å²) in [6.07, 6.45) is 7.08. The van der Waals surface area contributed by atoms with Crippen LogP contribution in [0.3, 0.4) is 0 Å². The van der Waals surface area contributed by atoms with Crippen LogP contribution in [-0.4, -0.2) is 30.3 Å². The first-order valence-corrected chi connectivity index (χ1v) is 7.35. The van der Waals surface area contributed by atoms with Crippen LogP contribution >= 0.6 is 0 Å². The van der Waals surface area contributed by atoms with Gasteiger partial charge >= 0.3 is 0 Å². The fourth-order valence-electron chi connectivity index (χ4n) is 3.03. The second-order valence-corrected chi connectivity index (χ2v) is 7.08. The zero-order valence-corrected chi connectivity index (χ0v) is 10.7. The molecule has 2 atom stereocenters. The van der Waals surface area contributed by atoms with E-state index in [1.807, 2.05) is 7.05 Å². The highest BCUT2D eigenvalue weighted by molar-refractivity contribution is 7.86. The Bertz CT molecular complexity index is 467. The molecule has 92 valence electrons. The van der Waals surface area contributed by atoms with Gasteiger partial charge in [0.15, 0.2) is 5.78 Å². The monoisotopic (exact) mass is 252 g/mol. The van der Waals surface area contributed by atoms with Crippen LogP contribution in [0.2, 0.25) is 0 Å². The molecule has 2 fully saturated rings. The zero-order valence-electron chi connectivity index (χ0n) is 9.83. The molecule has 2 unspecified atom stereocenters. The molecule has 0 saturated carbocycles. The van der Waals surface area contributed by atoms with Gasteiger partial charge in [-0.15, -0.1) is 0 Å². The predicted octanol–water partition coefficient (Wildman–Crippen LogP) is 1.29. The third-order valence-corrected chi connectivity index (χ3v) is 6.09. The van der Waals surface area contributed by atoms with E-state index in [2.05, 4.69) is 5.10 Å². The van der Waals surface area contributed by atoms with Crippen molar-refractivity contribution in [1.29, 1.82) is 0 Å². The second-order valence-electron chi connectivity index (χ2n) is 5.09. The first kappa shape index (κ1) is 11.1. The minimum Gasteiger partial charge on any atom is -0.294 e. The van der Waals surface area contributed by atoms with Gasteiger partial charge in [-0.05, 0) is 25.7 Å². The topological polar surface area (TPSA) is 52.0 Å². The van der Waals surface area contributed by atoms with Crippen molar-refractivity contribution in [3.05, 3.63) is 18.0 Å². The first-order chi connectivity index (χ1) is 8.15. The summed E-state index contributed by atoms with van der Waals surface area (Å²) >= 11 is 0. The molecule has 0 amide bonds. The van der Waals surface area contributed by atoms with Crippen molar-refractivity contribution in [3.8, 4) is 0 Å². The average Bonchev–Trinajstić information content (AvgIpc) is 2.79. The fraction of sp³-hybridized carbons (Fsp3) is 0.667. The summed E-state index contributed by atoms with van der Waals surface area (Å²) in [6.45, 7) is 0. The third-order valence-electron chi connectivity index (χ3n) is 3.92. The van der Waals surface area contributed by atoms with E-state index < -0.39 is 10.8 Å². The molecule has 1 aromatic heterocycles. The van der Waals surface area contributed by atoms with E-state index in [4.69, 9.17) is 0 Å². The van der Waals surface area contributed by atoms with E-state index in [-0.39, 0.29) is 22.2 Å². The normalized spacial score (nSPS) is 36.1. The largest absolute Gasteiger partial charge is 0.294 e. The smallest absolute Gasteiger partial charge is 0.169 e. The summed E-state index contributed by atoms with van der Waals surface area (Å²) in [5, 5.41) is 4.56. The summed E-state index contributed by atoms with van der Waals surface area (Å²) < 4.78 is 13.5. The standard InChI is InChI=1S/C12H16N2O2S/c1-14-7-9(6-13-14)12(15)8-4-10-2-3-11(5-8)17(10)16/h6-8,10-11H,2-5H2,1H3. The van der Waals surface area contributed by atoms with Crippen molar-refractivity contribution in [1.82, 2.24) is 9.78 Å². The van der Waals surface area contributed by atoms with Crippen molar-refractivity contribution in [2.45, 2.75) is 36.2 Å². The second kappa shape index (κ2) is 4.05. The predicted molar refractivity (Wildman–Crippen MR) is 65.2 cm³/mol. The molecule has 0 radical (unpaired) electrons. The van der Waals surface area contributed by atoms with Crippen LogP contribution in [0.15, 0.2) is 12.4 Å². The van der Waals surface area contributed by atoms with E-state index >= 15 is 0 Å². The molecule has 2 aliphatic rings. The quantitative estimate of drug-likeness (QED) is 0.745. The van der Waals surface area contributed by atoms with Crippen molar-refractivity contribution >= 4 is 16.6 Å². The van der Waals surface area contributed by atoms with E-state index in [0.717, 1.165) is 25.7 Å².